The maximum Gasteiger partial charge on any atom is 0.126 e. The maximum atomic E-state index is 6.26. The van der Waals surface area contributed by atoms with Crippen molar-refractivity contribution >= 4 is 15.9 Å². The molecule has 2 unspecified atom stereocenters. The molecule has 0 bridgehead atoms. The zero-order valence-corrected chi connectivity index (χ0v) is 14.2. The Kier molecular flexibility index (Phi) is 4.05. The van der Waals surface area contributed by atoms with Crippen molar-refractivity contribution in [3.63, 3.8) is 0 Å². The minimum atomic E-state index is 0.108. The van der Waals surface area contributed by atoms with E-state index in [1.807, 2.05) is 13.1 Å². The van der Waals surface area contributed by atoms with Crippen molar-refractivity contribution in [2.75, 3.05) is 7.05 Å². The summed E-state index contributed by atoms with van der Waals surface area (Å²) < 4.78 is 7.36. The fourth-order valence-corrected chi connectivity index (χ4v) is 3.47. The molecule has 3 rings (SSSR count). The normalized spacial score (nSPS) is 20.8. The first-order chi connectivity index (χ1) is 10.1. The molecule has 0 aromatic heterocycles. The van der Waals surface area contributed by atoms with Gasteiger partial charge in [-0.25, -0.2) is 0 Å². The molecule has 2 nitrogen and oxygen atoms in total. The summed E-state index contributed by atoms with van der Waals surface area (Å²) in [7, 11) is 2.01. The summed E-state index contributed by atoms with van der Waals surface area (Å²) in [6, 6.07) is 13.1. The molecular weight excluding hydrogens is 326 g/mol. The first kappa shape index (κ1) is 14.6. The average Bonchev–Trinajstić information content (AvgIpc) is 2.46. The Morgan fingerprint density at radius 2 is 1.90 bits per heavy atom. The second kappa shape index (κ2) is 5.82. The van der Waals surface area contributed by atoms with E-state index in [9.17, 15) is 0 Å². The van der Waals surface area contributed by atoms with Crippen LogP contribution in [-0.2, 0) is 0 Å². The van der Waals surface area contributed by atoms with Crippen molar-refractivity contribution in [2.24, 2.45) is 0 Å². The number of benzene rings is 2. The highest BCUT2D eigenvalue weighted by Crippen LogP contribution is 2.42. The molecule has 1 heterocycles. The number of ether oxygens (including phenoxy) is 1. The predicted molar refractivity (Wildman–Crippen MR) is 89.8 cm³/mol. The van der Waals surface area contributed by atoms with E-state index in [1.165, 1.54) is 22.3 Å². The van der Waals surface area contributed by atoms with Gasteiger partial charge in [0, 0.05) is 22.5 Å². The number of halogens is 1. The first-order valence-electron chi connectivity index (χ1n) is 7.29. The van der Waals surface area contributed by atoms with Crippen LogP contribution in [0.2, 0.25) is 0 Å². The Morgan fingerprint density at radius 3 is 2.62 bits per heavy atom. The Balaban J connectivity index is 1.98. The van der Waals surface area contributed by atoms with E-state index in [2.05, 4.69) is 65.4 Å². The van der Waals surface area contributed by atoms with E-state index in [0.717, 1.165) is 16.6 Å². The molecule has 0 saturated carbocycles. The molecule has 3 heteroatoms. The predicted octanol–water partition coefficient (Wildman–Crippen LogP) is 4.85. The van der Waals surface area contributed by atoms with Crippen LogP contribution in [0.4, 0.5) is 0 Å². The largest absolute Gasteiger partial charge is 0.485 e. The zero-order chi connectivity index (χ0) is 15.0. The highest BCUT2D eigenvalue weighted by atomic mass is 79.9. The van der Waals surface area contributed by atoms with Crippen LogP contribution in [0.3, 0.4) is 0 Å². The van der Waals surface area contributed by atoms with E-state index in [4.69, 9.17) is 4.74 Å². The third kappa shape index (κ3) is 2.85. The standard InChI is InChI=1S/C18H20BrNO/c1-11-4-6-14(12(2)8-11)18-10-16(20-3)15-9-13(19)5-7-17(15)21-18/h4-9,16,18,20H,10H2,1-3H3. The lowest BCUT2D eigenvalue weighted by molar-refractivity contribution is 0.153. The first-order valence-corrected chi connectivity index (χ1v) is 8.08. The summed E-state index contributed by atoms with van der Waals surface area (Å²) in [5.74, 6) is 0.980. The zero-order valence-electron chi connectivity index (χ0n) is 12.6. The third-order valence-electron chi connectivity index (χ3n) is 4.19. The van der Waals surface area contributed by atoms with Crippen LogP contribution in [0.15, 0.2) is 40.9 Å². The van der Waals surface area contributed by atoms with Crippen molar-refractivity contribution in [1.29, 1.82) is 0 Å². The van der Waals surface area contributed by atoms with Gasteiger partial charge in [0.05, 0.1) is 0 Å². The van der Waals surface area contributed by atoms with Gasteiger partial charge in [0.15, 0.2) is 0 Å². The van der Waals surface area contributed by atoms with E-state index in [-0.39, 0.29) is 6.10 Å². The maximum absolute atomic E-state index is 6.26. The van der Waals surface area contributed by atoms with Gasteiger partial charge >= 0.3 is 0 Å². The van der Waals surface area contributed by atoms with E-state index < -0.39 is 0 Å². The second-order valence-electron chi connectivity index (χ2n) is 5.73. The van der Waals surface area contributed by atoms with Crippen molar-refractivity contribution in [1.82, 2.24) is 5.32 Å². The van der Waals surface area contributed by atoms with Crippen LogP contribution in [0.5, 0.6) is 5.75 Å². The fraction of sp³-hybridized carbons (Fsp3) is 0.333. The van der Waals surface area contributed by atoms with Crippen molar-refractivity contribution in [3.05, 3.63) is 63.1 Å². The lowest BCUT2D eigenvalue weighted by Crippen LogP contribution is -2.27. The third-order valence-corrected chi connectivity index (χ3v) is 4.68. The van der Waals surface area contributed by atoms with Crippen LogP contribution in [0.25, 0.3) is 0 Å². The average molecular weight is 346 g/mol. The molecule has 1 aliphatic heterocycles. The minimum Gasteiger partial charge on any atom is -0.485 e. The monoisotopic (exact) mass is 345 g/mol. The van der Waals surface area contributed by atoms with Gasteiger partial charge in [0.2, 0.25) is 0 Å². The Labute approximate surface area is 134 Å². The van der Waals surface area contributed by atoms with Crippen LogP contribution >= 0.6 is 15.9 Å². The smallest absolute Gasteiger partial charge is 0.126 e. The number of rotatable bonds is 2. The van der Waals surface area contributed by atoms with Gasteiger partial charge in [0.1, 0.15) is 11.9 Å². The van der Waals surface area contributed by atoms with Crippen LogP contribution in [-0.4, -0.2) is 7.05 Å². The van der Waals surface area contributed by atoms with Gasteiger partial charge in [-0.05, 0) is 50.2 Å². The van der Waals surface area contributed by atoms with Gasteiger partial charge in [0.25, 0.3) is 0 Å². The van der Waals surface area contributed by atoms with Crippen molar-refractivity contribution in [2.45, 2.75) is 32.4 Å². The van der Waals surface area contributed by atoms with E-state index >= 15 is 0 Å². The summed E-state index contributed by atoms with van der Waals surface area (Å²) in [4.78, 5) is 0. The Bertz CT molecular complexity index is 668. The SMILES string of the molecule is CNC1CC(c2ccc(C)cc2C)Oc2ccc(Br)cc21. The quantitative estimate of drug-likeness (QED) is 0.839. The summed E-state index contributed by atoms with van der Waals surface area (Å²) in [6.45, 7) is 4.29. The molecule has 2 aromatic carbocycles. The number of hydrogen-bond acceptors (Lipinski definition) is 2. The second-order valence-corrected chi connectivity index (χ2v) is 6.64. The summed E-state index contributed by atoms with van der Waals surface area (Å²) in [6.07, 6.45) is 1.06. The van der Waals surface area contributed by atoms with Gasteiger partial charge in [-0.1, -0.05) is 39.7 Å². The topological polar surface area (TPSA) is 21.3 Å². The van der Waals surface area contributed by atoms with Crippen molar-refractivity contribution < 1.29 is 4.74 Å². The van der Waals surface area contributed by atoms with Crippen LogP contribution < -0.4 is 10.1 Å². The van der Waals surface area contributed by atoms with E-state index in [0.29, 0.717) is 6.04 Å². The van der Waals surface area contributed by atoms with E-state index in [1.54, 1.807) is 0 Å². The Hall–Kier alpha value is -1.32. The number of fused-ring (bicyclic) bond motifs is 1. The molecule has 0 saturated heterocycles. The molecule has 1 aliphatic rings. The van der Waals surface area contributed by atoms with Gasteiger partial charge in [-0.2, -0.15) is 0 Å². The fourth-order valence-electron chi connectivity index (χ4n) is 3.09. The molecule has 2 aromatic rings. The molecule has 2 atom stereocenters. The summed E-state index contributed by atoms with van der Waals surface area (Å²) >= 11 is 3.54. The number of nitrogens with one attached hydrogen (secondary N) is 1. The highest BCUT2D eigenvalue weighted by molar-refractivity contribution is 9.10. The molecule has 0 amide bonds. The van der Waals surface area contributed by atoms with Crippen LogP contribution in [0, 0.1) is 13.8 Å². The summed E-state index contributed by atoms with van der Waals surface area (Å²) in [5.41, 5.74) is 5.11. The molecule has 0 fully saturated rings. The van der Waals surface area contributed by atoms with Gasteiger partial charge < -0.3 is 10.1 Å². The van der Waals surface area contributed by atoms with Gasteiger partial charge in [-0.15, -0.1) is 0 Å². The molecule has 0 aliphatic carbocycles. The lowest BCUT2D eigenvalue weighted by atomic mass is 9.91. The molecule has 110 valence electrons. The number of hydrogen-bond donors (Lipinski definition) is 1. The minimum absolute atomic E-state index is 0.108. The molecule has 21 heavy (non-hydrogen) atoms. The highest BCUT2D eigenvalue weighted by Gasteiger charge is 2.29. The summed E-state index contributed by atoms with van der Waals surface area (Å²) in [5, 5.41) is 3.42. The van der Waals surface area contributed by atoms with Crippen LogP contribution in [0.1, 0.15) is 40.8 Å². The molecule has 0 spiro atoms. The van der Waals surface area contributed by atoms with Gasteiger partial charge in [-0.3, -0.25) is 0 Å². The number of aryl methyl sites for hydroxylation is 2. The molecule has 1 N–H and O–H groups in total. The molecular formula is C18H20BrNO. The Morgan fingerprint density at radius 1 is 1.10 bits per heavy atom. The molecule has 0 radical (unpaired) electrons. The lowest BCUT2D eigenvalue weighted by Gasteiger charge is -2.33. The van der Waals surface area contributed by atoms with Crippen molar-refractivity contribution in [3.8, 4) is 5.75 Å².